The molecule has 0 spiro atoms. The summed E-state index contributed by atoms with van der Waals surface area (Å²) in [5, 5.41) is 3.11. The number of rotatable bonds is 5. The van der Waals surface area contributed by atoms with Crippen LogP contribution in [-0.4, -0.2) is 19.0 Å². The van der Waals surface area contributed by atoms with Gasteiger partial charge in [0.15, 0.2) is 11.6 Å². The highest BCUT2D eigenvalue weighted by Crippen LogP contribution is 2.19. The lowest BCUT2D eigenvalue weighted by Crippen LogP contribution is -2.27. The molecule has 0 aliphatic carbocycles. The van der Waals surface area contributed by atoms with Crippen molar-refractivity contribution in [2.24, 2.45) is 0 Å². The van der Waals surface area contributed by atoms with Crippen LogP contribution in [0.2, 0.25) is 0 Å². The number of nitrogens with one attached hydrogen (secondary N) is 1. The van der Waals surface area contributed by atoms with Gasteiger partial charge >= 0.3 is 0 Å². The molecule has 1 atom stereocenters. The Balaban J connectivity index is 2.68. The van der Waals surface area contributed by atoms with Gasteiger partial charge in [0.1, 0.15) is 0 Å². The van der Waals surface area contributed by atoms with Crippen molar-refractivity contribution in [3.05, 3.63) is 29.6 Å². The lowest BCUT2D eigenvalue weighted by Gasteiger charge is -2.12. The number of methoxy groups -OCH3 is 1. The molecule has 2 nitrogen and oxygen atoms in total. The highest BCUT2D eigenvalue weighted by atomic mass is 35.5. The van der Waals surface area contributed by atoms with E-state index >= 15 is 0 Å². The zero-order valence-corrected chi connectivity index (χ0v) is 9.64. The third-order valence-electron chi connectivity index (χ3n) is 2.14. The summed E-state index contributed by atoms with van der Waals surface area (Å²) in [4.78, 5) is 0. The molecular formula is C11H15ClFNO. The van der Waals surface area contributed by atoms with E-state index in [1.54, 1.807) is 18.2 Å². The van der Waals surface area contributed by atoms with Crippen molar-refractivity contribution in [3.63, 3.8) is 0 Å². The van der Waals surface area contributed by atoms with Crippen molar-refractivity contribution in [3.8, 4) is 5.75 Å². The minimum atomic E-state index is -0.311. The largest absolute Gasteiger partial charge is 0.494 e. The third kappa shape index (κ3) is 3.36. The van der Waals surface area contributed by atoms with E-state index in [1.807, 2.05) is 6.92 Å². The van der Waals surface area contributed by atoms with E-state index in [4.69, 9.17) is 16.3 Å². The Bertz CT molecular complexity index is 319. The van der Waals surface area contributed by atoms with E-state index in [-0.39, 0.29) is 17.6 Å². The van der Waals surface area contributed by atoms with Gasteiger partial charge in [-0.25, -0.2) is 4.39 Å². The molecule has 0 saturated carbocycles. The van der Waals surface area contributed by atoms with E-state index in [1.165, 1.54) is 7.11 Å². The molecule has 1 unspecified atom stereocenters. The summed E-state index contributed by atoms with van der Waals surface area (Å²) in [7, 11) is 1.46. The Hall–Kier alpha value is -0.800. The van der Waals surface area contributed by atoms with Crippen LogP contribution in [0.25, 0.3) is 0 Å². The van der Waals surface area contributed by atoms with E-state index in [0.717, 1.165) is 0 Å². The monoisotopic (exact) mass is 231 g/mol. The maximum Gasteiger partial charge on any atom is 0.169 e. The maximum atomic E-state index is 13.6. The first-order valence-corrected chi connectivity index (χ1v) is 5.33. The molecule has 0 saturated heterocycles. The summed E-state index contributed by atoms with van der Waals surface area (Å²) < 4.78 is 18.5. The van der Waals surface area contributed by atoms with Crippen LogP contribution in [-0.2, 0) is 6.54 Å². The molecule has 4 heteroatoms. The van der Waals surface area contributed by atoms with Crippen molar-refractivity contribution in [2.75, 3.05) is 13.0 Å². The molecule has 15 heavy (non-hydrogen) atoms. The van der Waals surface area contributed by atoms with Crippen LogP contribution in [0.4, 0.5) is 4.39 Å². The summed E-state index contributed by atoms with van der Waals surface area (Å²) >= 11 is 5.64. The summed E-state index contributed by atoms with van der Waals surface area (Å²) in [5.74, 6) is 0.466. The van der Waals surface area contributed by atoms with Crippen molar-refractivity contribution in [1.82, 2.24) is 5.32 Å². The zero-order valence-electron chi connectivity index (χ0n) is 8.89. The number of hydrogen-bond donors (Lipinski definition) is 1. The highest BCUT2D eigenvalue weighted by Gasteiger charge is 2.08. The molecule has 1 aromatic rings. The first kappa shape index (κ1) is 12.3. The fourth-order valence-electron chi connectivity index (χ4n) is 1.19. The van der Waals surface area contributed by atoms with Gasteiger partial charge in [-0.15, -0.1) is 11.6 Å². The van der Waals surface area contributed by atoms with Crippen LogP contribution in [0.15, 0.2) is 18.2 Å². The second kappa shape index (κ2) is 5.93. The van der Waals surface area contributed by atoms with Crippen LogP contribution >= 0.6 is 11.6 Å². The predicted octanol–water partition coefficient (Wildman–Crippen LogP) is 2.55. The fraction of sp³-hybridized carbons (Fsp3) is 0.455. The lowest BCUT2D eigenvalue weighted by molar-refractivity contribution is 0.383. The number of hydrogen-bond acceptors (Lipinski definition) is 2. The standard InChI is InChI=1S/C11H15ClFNO/c1-8(6-12)14-7-9-4-3-5-10(15-2)11(9)13/h3-5,8,14H,6-7H2,1-2H3. The summed E-state index contributed by atoms with van der Waals surface area (Å²) in [6, 6.07) is 5.26. The molecular weight excluding hydrogens is 217 g/mol. The van der Waals surface area contributed by atoms with Gasteiger partial charge in [0.2, 0.25) is 0 Å². The van der Waals surface area contributed by atoms with Crippen molar-refractivity contribution in [1.29, 1.82) is 0 Å². The van der Waals surface area contributed by atoms with Crippen LogP contribution in [0.1, 0.15) is 12.5 Å². The van der Waals surface area contributed by atoms with E-state index in [2.05, 4.69) is 5.32 Å². The minimum Gasteiger partial charge on any atom is -0.494 e. The van der Waals surface area contributed by atoms with Crippen LogP contribution in [0.5, 0.6) is 5.75 Å². The number of ether oxygens (including phenoxy) is 1. The minimum absolute atomic E-state index is 0.164. The molecule has 0 bridgehead atoms. The number of alkyl halides is 1. The highest BCUT2D eigenvalue weighted by molar-refractivity contribution is 6.18. The predicted molar refractivity (Wildman–Crippen MR) is 60.0 cm³/mol. The van der Waals surface area contributed by atoms with Gasteiger partial charge in [-0.3, -0.25) is 0 Å². The Morgan fingerprint density at radius 1 is 1.53 bits per heavy atom. The summed E-state index contributed by atoms with van der Waals surface area (Å²) in [6.45, 7) is 2.40. The molecule has 1 aromatic carbocycles. The average molecular weight is 232 g/mol. The maximum absolute atomic E-state index is 13.6. The van der Waals surface area contributed by atoms with Crippen LogP contribution in [0, 0.1) is 5.82 Å². The smallest absolute Gasteiger partial charge is 0.169 e. The molecule has 0 fully saturated rings. The Morgan fingerprint density at radius 2 is 2.27 bits per heavy atom. The second-order valence-electron chi connectivity index (χ2n) is 3.37. The third-order valence-corrected chi connectivity index (χ3v) is 2.60. The quantitative estimate of drug-likeness (QED) is 0.787. The zero-order chi connectivity index (χ0) is 11.3. The van der Waals surface area contributed by atoms with Gasteiger partial charge in [-0.05, 0) is 13.0 Å². The lowest BCUT2D eigenvalue weighted by atomic mass is 10.2. The van der Waals surface area contributed by atoms with Gasteiger partial charge in [0.05, 0.1) is 7.11 Å². The molecule has 0 radical (unpaired) electrons. The van der Waals surface area contributed by atoms with Gasteiger partial charge in [0, 0.05) is 24.0 Å². The van der Waals surface area contributed by atoms with Gasteiger partial charge in [0.25, 0.3) is 0 Å². The molecule has 84 valence electrons. The van der Waals surface area contributed by atoms with Crippen LogP contribution < -0.4 is 10.1 Å². The molecule has 0 heterocycles. The Labute approximate surface area is 94.4 Å². The SMILES string of the molecule is COc1cccc(CNC(C)CCl)c1F. The summed E-state index contributed by atoms with van der Waals surface area (Å²) in [5.41, 5.74) is 0.589. The first-order chi connectivity index (χ1) is 7.19. The van der Waals surface area contributed by atoms with E-state index in [9.17, 15) is 4.39 Å². The number of benzene rings is 1. The fourth-order valence-corrected chi connectivity index (χ4v) is 1.30. The van der Waals surface area contributed by atoms with Crippen molar-refractivity contribution < 1.29 is 9.13 Å². The molecule has 0 aliphatic heterocycles. The van der Waals surface area contributed by atoms with E-state index in [0.29, 0.717) is 18.0 Å². The number of halogens is 2. The average Bonchev–Trinajstić information content (AvgIpc) is 2.27. The summed E-state index contributed by atoms with van der Waals surface area (Å²) in [6.07, 6.45) is 0. The molecule has 1 N–H and O–H groups in total. The van der Waals surface area contributed by atoms with Crippen molar-refractivity contribution in [2.45, 2.75) is 19.5 Å². The molecule has 0 aliphatic rings. The Kier molecular flexibility index (Phi) is 4.85. The van der Waals surface area contributed by atoms with Gasteiger partial charge in [-0.2, -0.15) is 0 Å². The molecule has 1 rings (SSSR count). The van der Waals surface area contributed by atoms with Gasteiger partial charge < -0.3 is 10.1 Å². The normalized spacial score (nSPS) is 12.5. The second-order valence-corrected chi connectivity index (χ2v) is 3.68. The Morgan fingerprint density at radius 3 is 2.87 bits per heavy atom. The first-order valence-electron chi connectivity index (χ1n) is 4.79. The topological polar surface area (TPSA) is 21.3 Å². The van der Waals surface area contributed by atoms with E-state index < -0.39 is 0 Å². The van der Waals surface area contributed by atoms with Crippen LogP contribution in [0.3, 0.4) is 0 Å². The molecule has 0 aromatic heterocycles. The molecule has 0 amide bonds. The van der Waals surface area contributed by atoms with Gasteiger partial charge in [-0.1, -0.05) is 12.1 Å². The van der Waals surface area contributed by atoms with Crippen molar-refractivity contribution >= 4 is 11.6 Å².